The van der Waals surface area contributed by atoms with E-state index in [1.807, 2.05) is 19.2 Å². The van der Waals surface area contributed by atoms with Crippen molar-refractivity contribution in [2.75, 3.05) is 41.5 Å². The minimum absolute atomic E-state index is 0. The van der Waals surface area contributed by atoms with E-state index >= 15 is 0 Å². The van der Waals surface area contributed by atoms with E-state index < -0.39 is 0 Å². The Kier molecular flexibility index (Phi) is 9.16. The zero-order valence-corrected chi connectivity index (χ0v) is 18.1. The van der Waals surface area contributed by atoms with Gasteiger partial charge in [0, 0.05) is 38.3 Å². The smallest absolute Gasteiger partial charge is 0.193 e. The first-order valence-corrected chi connectivity index (χ1v) is 8.37. The van der Waals surface area contributed by atoms with Crippen molar-refractivity contribution in [2.45, 2.75) is 26.3 Å². The number of nitrogens with zero attached hydrogens (tertiary/aromatic N) is 2. The average molecular weight is 463 g/mol. The molecule has 0 saturated carbocycles. The van der Waals surface area contributed by atoms with Crippen molar-refractivity contribution >= 4 is 29.9 Å². The Hall–Kier alpha value is -1.38. The summed E-state index contributed by atoms with van der Waals surface area (Å²) in [6.07, 6.45) is 2.42. The van der Waals surface area contributed by atoms with E-state index in [0.29, 0.717) is 18.0 Å². The van der Waals surface area contributed by atoms with Gasteiger partial charge in [-0.3, -0.25) is 4.99 Å². The van der Waals surface area contributed by atoms with Crippen LogP contribution in [0, 0.1) is 5.92 Å². The molecule has 0 amide bonds. The lowest BCUT2D eigenvalue weighted by Crippen LogP contribution is -2.45. The van der Waals surface area contributed by atoms with Gasteiger partial charge in [0.25, 0.3) is 0 Å². The molecule has 1 N–H and O–H groups in total. The van der Waals surface area contributed by atoms with Crippen molar-refractivity contribution in [3.05, 3.63) is 17.7 Å². The second kappa shape index (κ2) is 10.6. The molecule has 1 fully saturated rings. The number of rotatable bonds is 5. The van der Waals surface area contributed by atoms with Gasteiger partial charge in [-0.15, -0.1) is 24.0 Å². The largest absolute Gasteiger partial charge is 0.496 e. The molecule has 1 aliphatic rings. The Bertz CT molecular complexity index is 573. The molecule has 1 heterocycles. The molecule has 6 nitrogen and oxygen atoms in total. The summed E-state index contributed by atoms with van der Waals surface area (Å²) in [4.78, 5) is 6.73. The van der Waals surface area contributed by atoms with Crippen molar-refractivity contribution < 1.29 is 14.2 Å². The number of piperidine rings is 1. The molecule has 0 spiro atoms. The number of likely N-dealkylation sites (tertiary alicyclic amines) is 1. The third-order valence-electron chi connectivity index (χ3n) is 4.52. The Morgan fingerprint density at radius 2 is 1.64 bits per heavy atom. The van der Waals surface area contributed by atoms with Gasteiger partial charge in [-0.25, -0.2) is 0 Å². The second-order valence-electron chi connectivity index (χ2n) is 6.09. The first kappa shape index (κ1) is 21.7. The van der Waals surface area contributed by atoms with Crippen molar-refractivity contribution in [1.29, 1.82) is 0 Å². The Morgan fingerprint density at radius 1 is 1.08 bits per heavy atom. The minimum atomic E-state index is 0. The molecular formula is C18H30IN3O3. The van der Waals surface area contributed by atoms with Crippen LogP contribution in [-0.4, -0.2) is 52.3 Å². The first-order valence-electron chi connectivity index (χ1n) is 8.37. The number of guanidine groups is 1. The van der Waals surface area contributed by atoms with Crippen LogP contribution in [0.5, 0.6) is 17.2 Å². The summed E-state index contributed by atoms with van der Waals surface area (Å²) in [5, 5.41) is 3.43. The molecule has 0 unspecified atom stereocenters. The lowest BCUT2D eigenvalue weighted by Gasteiger charge is -2.33. The van der Waals surface area contributed by atoms with E-state index in [1.54, 1.807) is 21.3 Å². The predicted molar refractivity (Wildman–Crippen MR) is 112 cm³/mol. The van der Waals surface area contributed by atoms with Gasteiger partial charge in [-0.2, -0.15) is 0 Å². The van der Waals surface area contributed by atoms with Gasteiger partial charge in [-0.1, -0.05) is 6.92 Å². The van der Waals surface area contributed by atoms with Crippen LogP contribution in [0.3, 0.4) is 0 Å². The van der Waals surface area contributed by atoms with Crippen LogP contribution >= 0.6 is 24.0 Å². The highest BCUT2D eigenvalue weighted by Crippen LogP contribution is 2.34. The third-order valence-corrected chi connectivity index (χ3v) is 4.52. The number of ether oxygens (including phenoxy) is 3. The van der Waals surface area contributed by atoms with Gasteiger partial charge in [0.2, 0.25) is 0 Å². The maximum Gasteiger partial charge on any atom is 0.193 e. The highest BCUT2D eigenvalue weighted by Gasteiger charge is 2.19. The average Bonchev–Trinajstić information content (AvgIpc) is 2.62. The maximum absolute atomic E-state index is 5.48. The zero-order chi connectivity index (χ0) is 17.5. The van der Waals surface area contributed by atoms with E-state index in [4.69, 9.17) is 14.2 Å². The van der Waals surface area contributed by atoms with E-state index in [9.17, 15) is 0 Å². The van der Waals surface area contributed by atoms with Crippen molar-refractivity contribution in [3.63, 3.8) is 0 Å². The van der Waals surface area contributed by atoms with E-state index in [1.165, 1.54) is 12.8 Å². The summed E-state index contributed by atoms with van der Waals surface area (Å²) in [5.74, 6) is 3.84. The SMILES string of the molecule is CN=C(NCc1cc(OC)c(OC)cc1OC)N1CCC(C)CC1.I. The summed E-state index contributed by atoms with van der Waals surface area (Å²) < 4.78 is 16.2. The molecule has 142 valence electrons. The molecule has 0 atom stereocenters. The highest BCUT2D eigenvalue weighted by molar-refractivity contribution is 14.0. The van der Waals surface area contributed by atoms with Crippen molar-refractivity contribution in [2.24, 2.45) is 10.9 Å². The lowest BCUT2D eigenvalue weighted by atomic mass is 9.99. The van der Waals surface area contributed by atoms with Crippen LogP contribution in [0.25, 0.3) is 0 Å². The quantitative estimate of drug-likeness (QED) is 0.413. The molecule has 1 saturated heterocycles. The number of aliphatic imine (C=N–C) groups is 1. The van der Waals surface area contributed by atoms with E-state index in [-0.39, 0.29) is 24.0 Å². The van der Waals surface area contributed by atoms with Gasteiger partial charge in [-0.05, 0) is 24.8 Å². The highest BCUT2D eigenvalue weighted by atomic mass is 127. The third kappa shape index (κ3) is 5.55. The summed E-state index contributed by atoms with van der Waals surface area (Å²) in [7, 11) is 6.74. The van der Waals surface area contributed by atoms with Crippen LogP contribution in [0.4, 0.5) is 0 Å². The number of hydrogen-bond acceptors (Lipinski definition) is 4. The fraction of sp³-hybridized carbons (Fsp3) is 0.611. The Balaban J connectivity index is 0.00000312. The topological polar surface area (TPSA) is 55.3 Å². The zero-order valence-electron chi connectivity index (χ0n) is 15.8. The molecule has 0 aromatic heterocycles. The summed E-state index contributed by atoms with van der Waals surface area (Å²) >= 11 is 0. The fourth-order valence-corrected chi connectivity index (χ4v) is 2.96. The number of nitrogens with one attached hydrogen (secondary N) is 1. The Morgan fingerprint density at radius 3 is 2.16 bits per heavy atom. The second-order valence-corrected chi connectivity index (χ2v) is 6.09. The van der Waals surface area contributed by atoms with Crippen molar-refractivity contribution in [1.82, 2.24) is 10.2 Å². The molecule has 0 aliphatic carbocycles. The number of hydrogen-bond donors (Lipinski definition) is 1. The molecule has 1 aromatic rings. The maximum atomic E-state index is 5.48. The number of halogens is 1. The van der Waals surface area contributed by atoms with Gasteiger partial charge in [0.1, 0.15) is 5.75 Å². The van der Waals surface area contributed by atoms with Crippen molar-refractivity contribution in [3.8, 4) is 17.2 Å². The summed E-state index contributed by atoms with van der Waals surface area (Å²) in [6.45, 7) is 5.01. The summed E-state index contributed by atoms with van der Waals surface area (Å²) in [5.41, 5.74) is 1.00. The van der Waals surface area contributed by atoms with Crippen LogP contribution in [0.2, 0.25) is 0 Å². The molecule has 25 heavy (non-hydrogen) atoms. The van der Waals surface area contributed by atoms with Crippen LogP contribution < -0.4 is 19.5 Å². The molecule has 0 radical (unpaired) electrons. The molecule has 7 heteroatoms. The van der Waals surface area contributed by atoms with Gasteiger partial charge in [0.15, 0.2) is 17.5 Å². The molecule has 0 bridgehead atoms. The standard InChI is InChI=1S/C18H29N3O3.HI/c1-13-6-8-21(9-7-13)18(19-2)20-12-14-10-16(23-4)17(24-5)11-15(14)22-3;/h10-11,13H,6-9,12H2,1-5H3,(H,19,20);1H. The van der Waals surface area contributed by atoms with Gasteiger partial charge >= 0.3 is 0 Å². The monoisotopic (exact) mass is 463 g/mol. The first-order chi connectivity index (χ1) is 11.6. The molecule has 2 rings (SSSR count). The lowest BCUT2D eigenvalue weighted by molar-refractivity contribution is 0.273. The van der Waals surface area contributed by atoms with Crippen LogP contribution in [-0.2, 0) is 6.54 Å². The van der Waals surface area contributed by atoms with Gasteiger partial charge in [0.05, 0.1) is 21.3 Å². The molecule has 1 aliphatic heterocycles. The van der Waals surface area contributed by atoms with E-state index in [0.717, 1.165) is 36.3 Å². The van der Waals surface area contributed by atoms with E-state index in [2.05, 4.69) is 22.1 Å². The van der Waals surface area contributed by atoms with Crippen LogP contribution in [0.1, 0.15) is 25.3 Å². The Labute approximate surface area is 167 Å². The van der Waals surface area contributed by atoms with Gasteiger partial charge < -0.3 is 24.4 Å². The summed E-state index contributed by atoms with van der Waals surface area (Å²) in [6, 6.07) is 3.79. The number of benzene rings is 1. The predicted octanol–water partition coefficient (Wildman–Crippen LogP) is 3.14. The normalized spacial score (nSPS) is 15.4. The fourth-order valence-electron chi connectivity index (χ4n) is 2.96. The number of methoxy groups -OCH3 is 3. The molecule has 1 aromatic carbocycles. The molecular weight excluding hydrogens is 433 g/mol. The van der Waals surface area contributed by atoms with Crippen LogP contribution in [0.15, 0.2) is 17.1 Å². The minimum Gasteiger partial charge on any atom is -0.496 e.